The molecule has 0 bridgehead atoms. The number of benzene rings is 2. The highest BCUT2D eigenvalue weighted by atomic mass is 32.2. The predicted octanol–water partition coefficient (Wildman–Crippen LogP) is 3.58. The lowest BCUT2D eigenvalue weighted by Crippen LogP contribution is -2.12. The standard InChI is InChI=1S/C18H14N2O6S/c1-12-11-13(20(22)23)7-8-15(12)19-18(21)16-9-10-17(26-16)27(24,25)14-5-3-2-4-6-14/h2-11H,1H3,(H,19,21). The van der Waals surface area contributed by atoms with Crippen molar-refractivity contribution in [3.63, 3.8) is 0 Å². The van der Waals surface area contributed by atoms with E-state index in [0.29, 0.717) is 11.3 Å². The van der Waals surface area contributed by atoms with Crippen molar-refractivity contribution in [1.82, 2.24) is 0 Å². The van der Waals surface area contributed by atoms with Gasteiger partial charge in [0, 0.05) is 17.8 Å². The zero-order chi connectivity index (χ0) is 19.6. The fourth-order valence-electron chi connectivity index (χ4n) is 2.39. The van der Waals surface area contributed by atoms with Crippen molar-refractivity contribution < 1.29 is 22.6 Å². The van der Waals surface area contributed by atoms with Crippen molar-refractivity contribution in [3.8, 4) is 0 Å². The number of aryl methyl sites for hydroxylation is 1. The minimum Gasteiger partial charge on any atom is -0.439 e. The second-order valence-corrected chi connectivity index (χ2v) is 7.53. The first-order chi connectivity index (χ1) is 12.8. The van der Waals surface area contributed by atoms with Gasteiger partial charge in [-0.2, -0.15) is 0 Å². The zero-order valence-corrected chi connectivity index (χ0v) is 14.9. The Bertz CT molecular complexity index is 1120. The van der Waals surface area contributed by atoms with Gasteiger partial charge in [-0.3, -0.25) is 14.9 Å². The average Bonchev–Trinajstić information content (AvgIpc) is 3.15. The highest BCUT2D eigenvalue weighted by Crippen LogP contribution is 2.25. The van der Waals surface area contributed by atoms with Crippen LogP contribution in [-0.4, -0.2) is 19.2 Å². The van der Waals surface area contributed by atoms with Crippen LogP contribution in [0.25, 0.3) is 0 Å². The van der Waals surface area contributed by atoms with Crippen molar-refractivity contribution >= 4 is 27.1 Å². The van der Waals surface area contributed by atoms with E-state index in [1.54, 1.807) is 25.1 Å². The SMILES string of the molecule is Cc1cc([N+](=O)[O-])ccc1NC(=O)c1ccc(S(=O)(=O)c2ccccc2)o1. The molecule has 0 unspecified atom stereocenters. The lowest BCUT2D eigenvalue weighted by molar-refractivity contribution is -0.384. The molecular weight excluding hydrogens is 372 g/mol. The van der Waals surface area contributed by atoms with Gasteiger partial charge in [-0.1, -0.05) is 18.2 Å². The number of nitrogens with zero attached hydrogens (tertiary/aromatic N) is 1. The molecule has 0 aliphatic rings. The predicted molar refractivity (Wildman–Crippen MR) is 96.4 cm³/mol. The maximum Gasteiger partial charge on any atom is 0.291 e. The van der Waals surface area contributed by atoms with Crippen LogP contribution in [0.3, 0.4) is 0 Å². The number of hydrogen-bond donors (Lipinski definition) is 1. The normalized spacial score (nSPS) is 11.1. The number of furan rings is 1. The third-order valence-electron chi connectivity index (χ3n) is 3.79. The molecule has 3 aromatic rings. The van der Waals surface area contributed by atoms with Gasteiger partial charge in [0.15, 0.2) is 5.76 Å². The first-order valence-corrected chi connectivity index (χ1v) is 9.24. The quantitative estimate of drug-likeness (QED) is 0.529. The number of rotatable bonds is 5. The largest absolute Gasteiger partial charge is 0.439 e. The molecule has 1 heterocycles. The Labute approximate surface area is 154 Å². The molecule has 9 heteroatoms. The summed E-state index contributed by atoms with van der Waals surface area (Å²) in [6.07, 6.45) is 0. The summed E-state index contributed by atoms with van der Waals surface area (Å²) in [6, 6.07) is 14.2. The van der Waals surface area contributed by atoms with Gasteiger partial charge in [0.25, 0.3) is 11.6 Å². The van der Waals surface area contributed by atoms with E-state index in [4.69, 9.17) is 4.42 Å². The monoisotopic (exact) mass is 386 g/mol. The summed E-state index contributed by atoms with van der Waals surface area (Å²) in [5.41, 5.74) is 0.746. The number of carbonyl (C=O) groups is 1. The maximum atomic E-state index is 12.5. The molecule has 0 saturated heterocycles. The van der Waals surface area contributed by atoms with Crippen LogP contribution in [0, 0.1) is 17.0 Å². The average molecular weight is 386 g/mol. The Morgan fingerprint density at radius 3 is 2.41 bits per heavy atom. The fraction of sp³-hybridized carbons (Fsp3) is 0.0556. The highest BCUT2D eigenvalue weighted by Gasteiger charge is 2.23. The first-order valence-electron chi connectivity index (χ1n) is 7.75. The van der Waals surface area contributed by atoms with Crippen LogP contribution < -0.4 is 5.32 Å². The lowest BCUT2D eigenvalue weighted by atomic mass is 10.2. The molecule has 1 N–H and O–H groups in total. The van der Waals surface area contributed by atoms with Gasteiger partial charge in [-0.05, 0) is 42.8 Å². The van der Waals surface area contributed by atoms with Gasteiger partial charge in [-0.25, -0.2) is 8.42 Å². The Morgan fingerprint density at radius 2 is 1.78 bits per heavy atom. The molecular formula is C18H14N2O6S. The summed E-state index contributed by atoms with van der Waals surface area (Å²) in [5, 5.41) is 13.0. The molecule has 0 fully saturated rings. The summed E-state index contributed by atoms with van der Waals surface area (Å²) >= 11 is 0. The Balaban J connectivity index is 1.83. The molecule has 1 aromatic heterocycles. The van der Waals surface area contributed by atoms with Gasteiger partial charge < -0.3 is 9.73 Å². The summed E-state index contributed by atoms with van der Waals surface area (Å²) < 4.78 is 30.2. The molecule has 0 aliphatic heterocycles. The van der Waals surface area contributed by atoms with E-state index in [1.165, 1.54) is 42.5 Å². The second kappa shape index (κ2) is 7.04. The van der Waals surface area contributed by atoms with E-state index < -0.39 is 20.7 Å². The van der Waals surface area contributed by atoms with Crippen molar-refractivity contribution in [2.75, 3.05) is 5.32 Å². The summed E-state index contributed by atoms with van der Waals surface area (Å²) in [5.74, 6) is -0.858. The van der Waals surface area contributed by atoms with Gasteiger partial charge in [-0.15, -0.1) is 0 Å². The zero-order valence-electron chi connectivity index (χ0n) is 14.1. The van der Waals surface area contributed by atoms with E-state index in [2.05, 4.69) is 5.32 Å². The van der Waals surface area contributed by atoms with Crippen LogP contribution in [0.1, 0.15) is 16.1 Å². The molecule has 8 nitrogen and oxygen atoms in total. The number of hydrogen-bond acceptors (Lipinski definition) is 6. The molecule has 0 spiro atoms. The van der Waals surface area contributed by atoms with E-state index in [1.807, 2.05) is 0 Å². The number of non-ortho nitro benzene ring substituents is 1. The van der Waals surface area contributed by atoms with Gasteiger partial charge in [0.05, 0.1) is 9.82 Å². The summed E-state index contributed by atoms with van der Waals surface area (Å²) in [4.78, 5) is 22.6. The van der Waals surface area contributed by atoms with Crippen LogP contribution in [-0.2, 0) is 9.84 Å². The minimum atomic E-state index is -3.87. The van der Waals surface area contributed by atoms with E-state index >= 15 is 0 Å². The van der Waals surface area contributed by atoms with Crippen LogP contribution in [0.4, 0.5) is 11.4 Å². The van der Waals surface area contributed by atoms with Crippen molar-refractivity contribution in [1.29, 1.82) is 0 Å². The maximum absolute atomic E-state index is 12.5. The van der Waals surface area contributed by atoms with Gasteiger partial charge in [0.1, 0.15) is 0 Å². The molecule has 0 radical (unpaired) electrons. The van der Waals surface area contributed by atoms with Crippen LogP contribution >= 0.6 is 0 Å². The number of amides is 1. The third kappa shape index (κ3) is 3.72. The van der Waals surface area contributed by atoms with Crippen LogP contribution in [0.15, 0.2) is 75.1 Å². The lowest BCUT2D eigenvalue weighted by Gasteiger charge is -2.06. The number of anilines is 1. The smallest absolute Gasteiger partial charge is 0.291 e. The van der Waals surface area contributed by atoms with Crippen LogP contribution in [0.2, 0.25) is 0 Å². The molecule has 0 saturated carbocycles. The van der Waals surface area contributed by atoms with E-state index in [0.717, 1.165) is 0 Å². The molecule has 138 valence electrons. The summed E-state index contributed by atoms with van der Waals surface area (Å²) in [6.45, 7) is 1.61. The number of carbonyl (C=O) groups excluding carboxylic acids is 1. The molecule has 27 heavy (non-hydrogen) atoms. The minimum absolute atomic E-state index is 0.0533. The van der Waals surface area contributed by atoms with Crippen molar-refractivity contribution in [3.05, 3.63) is 82.1 Å². The third-order valence-corrected chi connectivity index (χ3v) is 5.43. The summed E-state index contributed by atoms with van der Waals surface area (Å²) in [7, 11) is -3.87. The fourth-order valence-corrected chi connectivity index (χ4v) is 3.58. The molecule has 2 aromatic carbocycles. The second-order valence-electron chi connectivity index (χ2n) is 5.65. The number of nitrogens with one attached hydrogen (secondary N) is 1. The van der Waals surface area contributed by atoms with Crippen molar-refractivity contribution in [2.24, 2.45) is 0 Å². The Hall–Kier alpha value is -3.46. The molecule has 0 atom stereocenters. The Morgan fingerprint density at radius 1 is 1.07 bits per heavy atom. The molecule has 0 aliphatic carbocycles. The Kier molecular flexibility index (Phi) is 4.78. The number of nitro groups is 1. The van der Waals surface area contributed by atoms with Gasteiger partial charge >= 0.3 is 0 Å². The first kappa shape index (κ1) is 18.3. The molecule has 1 amide bonds. The molecule has 3 rings (SSSR count). The number of sulfone groups is 1. The highest BCUT2D eigenvalue weighted by molar-refractivity contribution is 7.91. The van der Waals surface area contributed by atoms with Crippen LogP contribution in [0.5, 0.6) is 0 Å². The number of nitro benzene ring substituents is 1. The van der Waals surface area contributed by atoms with Crippen molar-refractivity contribution in [2.45, 2.75) is 16.9 Å². The topological polar surface area (TPSA) is 120 Å². The van der Waals surface area contributed by atoms with E-state index in [-0.39, 0.29) is 21.4 Å². The van der Waals surface area contributed by atoms with Gasteiger partial charge in [0.2, 0.25) is 14.9 Å². The van der Waals surface area contributed by atoms with E-state index in [9.17, 15) is 23.3 Å².